The molecule has 0 heterocycles. The molecule has 0 spiro atoms. The topological polar surface area (TPSA) is 147 Å². The van der Waals surface area contributed by atoms with E-state index in [9.17, 15) is 18.0 Å². The second-order valence-electron chi connectivity index (χ2n) is 4.58. The van der Waals surface area contributed by atoms with Gasteiger partial charge in [0.1, 0.15) is 6.04 Å². The van der Waals surface area contributed by atoms with Crippen molar-refractivity contribution in [2.75, 3.05) is 5.32 Å². The number of nitrogens with two attached hydrogens (primary N) is 1. The minimum absolute atomic E-state index is 0.0488. The maximum atomic E-state index is 11.7. The SMILES string of the molecule is Cc1c(Cl)cc(S(=O)(=O)O)cc1NC(=O)CC[C@H](N)C(=O)O. The van der Waals surface area contributed by atoms with Crippen LogP contribution in [0.15, 0.2) is 17.0 Å². The maximum absolute atomic E-state index is 11.7. The molecule has 8 nitrogen and oxygen atoms in total. The van der Waals surface area contributed by atoms with Gasteiger partial charge in [0.25, 0.3) is 10.1 Å². The zero-order chi connectivity index (χ0) is 17.1. The summed E-state index contributed by atoms with van der Waals surface area (Å²) in [5, 5.41) is 11.1. The number of rotatable bonds is 6. The standard InChI is InChI=1S/C12H15ClN2O6S/c1-6-8(13)4-7(22(19,20)21)5-10(6)15-11(16)3-2-9(14)12(17)18/h4-5,9H,2-3,14H2,1H3,(H,15,16)(H,17,18)(H,19,20,21)/t9-/m0/s1. The fourth-order valence-electron chi connectivity index (χ4n) is 1.56. The van der Waals surface area contributed by atoms with Crippen LogP contribution in [0.4, 0.5) is 5.69 Å². The van der Waals surface area contributed by atoms with Crippen LogP contribution < -0.4 is 11.1 Å². The predicted octanol–water partition coefficient (Wildman–Crippen LogP) is 1.03. The van der Waals surface area contributed by atoms with Crippen LogP contribution in [0.25, 0.3) is 0 Å². The highest BCUT2D eigenvalue weighted by Gasteiger charge is 2.17. The molecular formula is C12H15ClN2O6S. The van der Waals surface area contributed by atoms with Gasteiger partial charge in [0.15, 0.2) is 0 Å². The van der Waals surface area contributed by atoms with Gasteiger partial charge in [-0.2, -0.15) is 8.42 Å². The number of carbonyl (C=O) groups is 2. The van der Waals surface area contributed by atoms with Crippen molar-refractivity contribution in [1.82, 2.24) is 0 Å². The normalized spacial score (nSPS) is 12.7. The molecule has 1 aromatic carbocycles. The number of anilines is 1. The molecule has 1 rings (SSSR count). The van der Waals surface area contributed by atoms with E-state index >= 15 is 0 Å². The smallest absolute Gasteiger partial charge is 0.320 e. The molecule has 1 atom stereocenters. The monoisotopic (exact) mass is 350 g/mol. The molecule has 0 saturated carbocycles. The van der Waals surface area contributed by atoms with Crippen LogP contribution in [-0.4, -0.2) is 36.0 Å². The third kappa shape index (κ3) is 4.95. The summed E-state index contributed by atoms with van der Waals surface area (Å²) in [7, 11) is -4.47. The molecular weight excluding hydrogens is 336 g/mol. The lowest BCUT2D eigenvalue weighted by Crippen LogP contribution is -2.31. The van der Waals surface area contributed by atoms with Crippen molar-refractivity contribution in [3.8, 4) is 0 Å². The number of aliphatic carboxylic acids is 1. The van der Waals surface area contributed by atoms with Crippen LogP contribution in [0.1, 0.15) is 18.4 Å². The summed E-state index contributed by atoms with van der Waals surface area (Å²) < 4.78 is 31.3. The molecule has 122 valence electrons. The molecule has 0 bridgehead atoms. The van der Waals surface area contributed by atoms with E-state index < -0.39 is 32.9 Å². The van der Waals surface area contributed by atoms with Gasteiger partial charge in [0.05, 0.1) is 4.90 Å². The van der Waals surface area contributed by atoms with Gasteiger partial charge < -0.3 is 16.2 Å². The Kier molecular flexibility index (Phi) is 5.89. The van der Waals surface area contributed by atoms with E-state index in [2.05, 4.69) is 5.32 Å². The lowest BCUT2D eigenvalue weighted by molar-refractivity contribution is -0.138. The van der Waals surface area contributed by atoms with E-state index in [1.54, 1.807) is 6.92 Å². The molecule has 0 unspecified atom stereocenters. The third-order valence-corrected chi connectivity index (χ3v) is 4.11. The summed E-state index contributed by atoms with van der Waals surface area (Å²) in [6.07, 6.45) is -0.243. The fourth-order valence-corrected chi connectivity index (χ4v) is 2.37. The van der Waals surface area contributed by atoms with E-state index in [1.165, 1.54) is 0 Å². The first-order chi connectivity index (χ1) is 10.0. The number of nitrogens with one attached hydrogen (secondary N) is 1. The summed E-state index contributed by atoms with van der Waals surface area (Å²) in [5.41, 5.74) is 5.79. The molecule has 1 aromatic rings. The maximum Gasteiger partial charge on any atom is 0.320 e. The molecule has 0 aliphatic heterocycles. The first kappa shape index (κ1) is 18.4. The summed E-state index contributed by atoms with van der Waals surface area (Å²) >= 11 is 5.85. The molecule has 22 heavy (non-hydrogen) atoms. The van der Waals surface area contributed by atoms with Crippen molar-refractivity contribution in [2.45, 2.75) is 30.7 Å². The first-order valence-corrected chi connectivity index (χ1v) is 7.90. The third-order valence-electron chi connectivity index (χ3n) is 2.89. The molecule has 0 radical (unpaired) electrons. The molecule has 10 heteroatoms. The Morgan fingerprint density at radius 1 is 1.41 bits per heavy atom. The van der Waals surface area contributed by atoms with E-state index in [1.807, 2.05) is 0 Å². The number of carbonyl (C=O) groups excluding carboxylic acids is 1. The van der Waals surface area contributed by atoms with Gasteiger partial charge in [-0.1, -0.05) is 11.6 Å². The van der Waals surface area contributed by atoms with Gasteiger partial charge in [-0.05, 0) is 31.0 Å². The van der Waals surface area contributed by atoms with E-state index in [0.29, 0.717) is 5.56 Å². The molecule has 0 saturated heterocycles. The highest BCUT2D eigenvalue weighted by molar-refractivity contribution is 7.85. The van der Waals surface area contributed by atoms with Crippen LogP contribution in [0.5, 0.6) is 0 Å². The Balaban J connectivity index is 2.91. The zero-order valence-electron chi connectivity index (χ0n) is 11.5. The Hall–Kier alpha value is -1.68. The van der Waals surface area contributed by atoms with E-state index in [0.717, 1.165) is 12.1 Å². The van der Waals surface area contributed by atoms with Gasteiger partial charge in [-0.25, -0.2) is 0 Å². The van der Waals surface area contributed by atoms with Crippen LogP contribution in [0.2, 0.25) is 5.02 Å². The number of benzene rings is 1. The summed E-state index contributed by atoms with van der Waals surface area (Å²) in [6.45, 7) is 1.55. The number of carboxylic acid groups (broad SMARTS) is 1. The molecule has 0 aliphatic rings. The average molecular weight is 351 g/mol. The number of carboxylic acids is 1. The van der Waals surface area contributed by atoms with Crippen LogP contribution in [0, 0.1) is 6.92 Å². The lowest BCUT2D eigenvalue weighted by Gasteiger charge is -2.12. The van der Waals surface area contributed by atoms with Gasteiger partial charge in [0.2, 0.25) is 5.91 Å². The van der Waals surface area contributed by atoms with Gasteiger partial charge in [-0.15, -0.1) is 0 Å². The number of hydrogen-bond donors (Lipinski definition) is 4. The van der Waals surface area contributed by atoms with Gasteiger partial charge >= 0.3 is 5.97 Å². The van der Waals surface area contributed by atoms with E-state index in [4.69, 9.17) is 27.0 Å². The van der Waals surface area contributed by atoms with Crippen LogP contribution >= 0.6 is 11.6 Å². The number of hydrogen-bond acceptors (Lipinski definition) is 5. The van der Waals surface area contributed by atoms with Crippen molar-refractivity contribution in [2.24, 2.45) is 5.73 Å². The second-order valence-corrected chi connectivity index (χ2v) is 6.41. The zero-order valence-corrected chi connectivity index (χ0v) is 13.1. The highest BCUT2D eigenvalue weighted by atomic mass is 35.5. The van der Waals surface area contributed by atoms with Gasteiger partial charge in [0, 0.05) is 17.1 Å². The fraction of sp³-hybridized carbons (Fsp3) is 0.333. The van der Waals surface area contributed by atoms with Gasteiger partial charge in [-0.3, -0.25) is 14.1 Å². The van der Waals surface area contributed by atoms with Crippen molar-refractivity contribution in [3.05, 3.63) is 22.7 Å². The Morgan fingerprint density at radius 3 is 2.50 bits per heavy atom. The summed E-state index contributed by atoms with van der Waals surface area (Å²) in [5.74, 6) is -1.77. The molecule has 0 fully saturated rings. The minimum Gasteiger partial charge on any atom is -0.480 e. The van der Waals surface area contributed by atoms with Crippen molar-refractivity contribution in [3.63, 3.8) is 0 Å². The highest BCUT2D eigenvalue weighted by Crippen LogP contribution is 2.28. The molecule has 5 N–H and O–H groups in total. The quantitative estimate of drug-likeness (QED) is 0.560. The summed E-state index contributed by atoms with van der Waals surface area (Å²) in [4.78, 5) is 21.8. The Bertz CT molecular complexity index is 704. The number of halogens is 1. The first-order valence-electron chi connectivity index (χ1n) is 6.08. The predicted molar refractivity (Wildman–Crippen MR) is 79.5 cm³/mol. The van der Waals surface area contributed by atoms with Crippen molar-refractivity contribution >= 4 is 39.3 Å². The molecule has 1 amide bonds. The number of amides is 1. The van der Waals surface area contributed by atoms with Crippen molar-refractivity contribution in [1.29, 1.82) is 0 Å². The van der Waals surface area contributed by atoms with Crippen LogP contribution in [0.3, 0.4) is 0 Å². The largest absolute Gasteiger partial charge is 0.480 e. The summed E-state index contributed by atoms with van der Waals surface area (Å²) in [6, 6.07) is 0.952. The average Bonchev–Trinajstić information content (AvgIpc) is 2.39. The molecule has 0 aliphatic carbocycles. The molecule has 0 aromatic heterocycles. The minimum atomic E-state index is -4.47. The van der Waals surface area contributed by atoms with Crippen molar-refractivity contribution < 1.29 is 27.7 Å². The Labute approximate surface area is 132 Å². The second kappa shape index (κ2) is 7.05. The van der Waals surface area contributed by atoms with E-state index in [-0.39, 0.29) is 23.6 Å². The lowest BCUT2D eigenvalue weighted by atomic mass is 10.1. The van der Waals surface area contributed by atoms with Crippen LogP contribution in [-0.2, 0) is 19.7 Å². The Morgan fingerprint density at radius 2 is 2.00 bits per heavy atom.